The second-order valence-electron chi connectivity index (χ2n) is 5.66. The molecular formula is C13H16F2O4. The zero-order valence-electron chi connectivity index (χ0n) is 10.5. The molecule has 1 saturated carbocycles. The number of carbonyl (C=O) groups is 2. The molecule has 0 radical (unpaired) electrons. The lowest BCUT2D eigenvalue weighted by Gasteiger charge is -2.46. The predicted molar refractivity (Wildman–Crippen MR) is 61.8 cm³/mol. The first kappa shape index (κ1) is 14.0. The molecule has 2 rings (SSSR count). The minimum Gasteiger partial charge on any atom is -0.481 e. The molecule has 2 aliphatic carbocycles. The first-order chi connectivity index (χ1) is 8.76. The van der Waals surface area contributed by atoms with E-state index in [1.54, 1.807) is 0 Å². The number of hydrogen-bond acceptors (Lipinski definition) is 2. The van der Waals surface area contributed by atoms with E-state index in [0.29, 0.717) is 12.8 Å². The van der Waals surface area contributed by atoms with Crippen LogP contribution in [0.3, 0.4) is 0 Å². The Labute approximate surface area is 109 Å². The van der Waals surface area contributed by atoms with Crippen molar-refractivity contribution in [1.29, 1.82) is 0 Å². The van der Waals surface area contributed by atoms with Gasteiger partial charge in [0, 0.05) is 5.92 Å². The summed E-state index contributed by atoms with van der Waals surface area (Å²) in [7, 11) is 0. The van der Waals surface area contributed by atoms with E-state index in [1.165, 1.54) is 19.1 Å². The molecule has 0 aromatic rings. The summed E-state index contributed by atoms with van der Waals surface area (Å²) in [5, 5.41) is 18.7. The van der Waals surface area contributed by atoms with Crippen LogP contribution in [0.25, 0.3) is 0 Å². The van der Waals surface area contributed by atoms with Crippen LogP contribution in [0.5, 0.6) is 0 Å². The quantitative estimate of drug-likeness (QED) is 0.772. The van der Waals surface area contributed by atoms with Gasteiger partial charge in [-0.2, -0.15) is 0 Å². The lowest BCUT2D eigenvalue weighted by atomic mass is 9.56. The zero-order valence-corrected chi connectivity index (χ0v) is 10.5. The van der Waals surface area contributed by atoms with Gasteiger partial charge in [-0.3, -0.25) is 9.59 Å². The largest absolute Gasteiger partial charge is 0.481 e. The summed E-state index contributed by atoms with van der Waals surface area (Å²) in [6.07, 6.45) is 0.477. The summed E-state index contributed by atoms with van der Waals surface area (Å²) < 4.78 is 26.9. The summed E-state index contributed by atoms with van der Waals surface area (Å²) in [6, 6.07) is 0. The first-order valence-corrected chi connectivity index (χ1v) is 6.19. The summed E-state index contributed by atoms with van der Waals surface area (Å²) in [4.78, 5) is 22.9. The van der Waals surface area contributed by atoms with Crippen LogP contribution in [0.1, 0.15) is 26.2 Å². The van der Waals surface area contributed by atoms with Crippen LogP contribution in [0.4, 0.5) is 8.78 Å². The molecule has 0 aromatic heterocycles. The van der Waals surface area contributed by atoms with Crippen LogP contribution >= 0.6 is 0 Å². The van der Waals surface area contributed by atoms with Gasteiger partial charge in [0.2, 0.25) is 0 Å². The Morgan fingerprint density at radius 2 is 1.84 bits per heavy atom. The van der Waals surface area contributed by atoms with E-state index in [1.807, 2.05) is 0 Å². The van der Waals surface area contributed by atoms with Crippen molar-refractivity contribution in [2.45, 2.75) is 32.6 Å². The van der Waals surface area contributed by atoms with Crippen LogP contribution < -0.4 is 0 Å². The Hall–Kier alpha value is -1.46. The maximum Gasteiger partial charge on any atom is 0.316 e. The SMILES string of the molecule is CC1(C(=O)O)C=CCC(C(=O)O)(C(F)F)C1C1CC1. The number of rotatable bonds is 4. The van der Waals surface area contributed by atoms with Crippen molar-refractivity contribution in [3.63, 3.8) is 0 Å². The Kier molecular flexibility index (Phi) is 3.15. The van der Waals surface area contributed by atoms with Gasteiger partial charge in [-0.25, -0.2) is 8.78 Å². The first-order valence-electron chi connectivity index (χ1n) is 6.19. The Bertz CT molecular complexity index is 444. The Morgan fingerprint density at radius 3 is 2.21 bits per heavy atom. The van der Waals surface area contributed by atoms with Gasteiger partial charge in [0.15, 0.2) is 0 Å². The maximum absolute atomic E-state index is 13.5. The van der Waals surface area contributed by atoms with Crippen molar-refractivity contribution >= 4 is 11.9 Å². The molecule has 3 atom stereocenters. The molecule has 6 heteroatoms. The fourth-order valence-corrected chi connectivity index (χ4v) is 3.35. The molecule has 0 bridgehead atoms. The van der Waals surface area contributed by atoms with E-state index < -0.39 is 35.1 Å². The Balaban J connectivity index is 2.58. The van der Waals surface area contributed by atoms with E-state index in [2.05, 4.69) is 0 Å². The number of hydrogen-bond donors (Lipinski definition) is 2. The van der Waals surface area contributed by atoms with Gasteiger partial charge in [0.05, 0.1) is 5.41 Å². The van der Waals surface area contributed by atoms with Gasteiger partial charge in [-0.15, -0.1) is 0 Å². The molecule has 1 fully saturated rings. The number of carboxylic acid groups (broad SMARTS) is 2. The fraction of sp³-hybridized carbons (Fsp3) is 0.692. The molecule has 0 aromatic carbocycles. The number of aliphatic carboxylic acids is 2. The molecule has 0 amide bonds. The highest BCUT2D eigenvalue weighted by Gasteiger charge is 2.65. The normalized spacial score (nSPS) is 38.4. The van der Waals surface area contributed by atoms with Gasteiger partial charge in [-0.05, 0) is 32.1 Å². The molecule has 3 unspecified atom stereocenters. The van der Waals surface area contributed by atoms with Crippen molar-refractivity contribution in [2.24, 2.45) is 22.7 Å². The molecule has 19 heavy (non-hydrogen) atoms. The summed E-state index contributed by atoms with van der Waals surface area (Å²) >= 11 is 0. The molecule has 106 valence electrons. The molecule has 0 aliphatic heterocycles. The highest BCUT2D eigenvalue weighted by atomic mass is 19.3. The Morgan fingerprint density at radius 1 is 1.26 bits per heavy atom. The van der Waals surface area contributed by atoms with Crippen LogP contribution in [0, 0.1) is 22.7 Å². The van der Waals surface area contributed by atoms with E-state index in [9.17, 15) is 28.6 Å². The maximum atomic E-state index is 13.5. The van der Waals surface area contributed by atoms with E-state index >= 15 is 0 Å². The number of allylic oxidation sites excluding steroid dienone is 1. The van der Waals surface area contributed by atoms with Gasteiger partial charge in [0.25, 0.3) is 6.43 Å². The van der Waals surface area contributed by atoms with Crippen molar-refractivity contribution in [3.8, 4) is 0 Å². The van der Waals surface area contributed by atoms with Crippen molar-refractivity contribution in [3.05, 3.63) is 12.2 Å². The van der Waals surface area contributed by atoms with Crippen LogP contribution in [0.15, 0.2) is 12.2 Å². The summed E-state index contributed by atoms with van der Waals surface area (Å²) in [6.45, 7) is 1.34. The van der Waals surface area contributed by atoms with Gasteiger partial charge < -0.3 is 10.2 Å². The topological polar surface area (TPSA) is 74.6 Å². The summed E-state index contributed by atoms with van der Waals surface area (Å²) in [5.74, 6) is -4.17. The number of halogens is 2. The monoisotopic (exact) mass is 274 g/mol. The van der Waals surface area contributed by atoms with Gasteiger partial charge in [0.1, 0.15) is 5.41 Å². The van der Waals surface area contributed by atoms with E-state index in [0.717, 1.165) is 0 Å². The molecule has 2 aliphatic rings. The standard InChI is InChI=1S/C13H16F2O4/c1-12(10(16)17)5-2-6-13(9(14)15,11(18)19)8(12)7-3-4-7/h2,5,7-9H,3-4,6H2,1H3,(H,16,17)(H,18,19). The van der Waals surface area contributed by atoms with Crippen LogP contribution in [-0.4, -0.2) is 28.6 Å². The highest BCUT2D eigenvalue weighted by Crippen LogP contribution is 2.60. The third-order valence-electron chi connectivity index (χ3n) is 4.46. The molecule has 2 N–H and O–H groups in total. The van der Waals surface area contributed by atoms with Crippen molar-refractivity contribution < 1.29 is 28.6 Å². The zero-order chi connectivity index (χ0) is 14.4. The predicted octanol–water partition coefficient (Wildman–Crippen LogP) is 2.40. The summed E-state index contributed by atoms with van der Waals surface area (Å²) in [5.41, 5.74) is -3.84. The lowest BCUT2D eigenvalue weighted by molar-refractivity contribution is -0.180. The molecule has 0 heterocycles. The third-order valence-corrected chi connectivity index (χ3v) is 4.46. The molecule has 4 nitrogen and oxygen atoms in total. The smallest absolute Gasteiger partial charge is 0.316 e. The van der Waals surface area contributed by atoms with Crippen LogP contribution in [0.2, 0.25) is 0 Å². The number of alkyl halides is 2. The fourth-order valence-electron chi connectivity index (χ4n) is 3.35. The van der Waals surface area contributed by atoms with Crippen LogP contribution in [-0.2, 0) is 9.59 Å². The molecular weight excluding hydrogens is 258 g/mol. The second kappa shape index (κ2) is 4.28. The molecule has 0 saturated heterocycles. The highest BCUT2D eigenvalue weighted by molar-refractivity contribution is 5.83. The average Bonchev–Trinajstić information content (AvgIpc) is 3.11. The number of carboxylic acids is 2. The lowest BCUT2D eigenvalue weighted by Crippen LogP contribution is -2.55. The van der Waals surface area contributed by atoms with Gasteiger partial charge in [-0.1, -0.05) is 12.2 Å². The van der Waals surface area contributed by atoms with Gasteiger partial charge >= 0.3 is 11.9 Å². The third kappa shape index (κ3) is 1.84. The average molecular weight is 274 g/mol. The minimum absolute atomic E-state index is 0.254. The van der Waals surface area contributed by atoms with E-state index in [4.69, 9.17) is 0 Å². The minimum atomic E-state index is -3.08. The van der Waals surface area contributed by atoms with E-state index in [-0.39, 0.29) is 12.3 Å². The molecule has 0 spiro atoms. The van der Waals surface area contributed by atoms with Crippen molar-refractivity contribution in [2.75, 3.05) is 0 Å². The second-order valence-corrected chi connectivity index (χ2v) is 5.66. The van der Waals surface area contributed by atoms with Crippen molar-refractivity contribution in [1.82, 2.24) is 0 Å².